The summed E-state index contributed by atoms with van der Waals surface area (Å²) in [5.74, 6) is 0.600. The molecule has 0 aromatic heterocycles. The number of rotatable bonds is 6. The van der Waals surface area contributed by atoms with Gasteiger partial charge < -0.3 is 20.5 Å². The van der Waals surface area contributed by atoms with Crippen molar-refractivity contribution >= 4 is 0 Å². The fourth-order valence-electron chi connectivity index (χ4n) is 3.16. The molecule has 0 saturated heterocycles. The predicted molar refractivity (Wildman–Crippen MR) is 92.2 cm³/mol. The minimum Gasteiger partial charge on any atom is -0.492 e. The van der Waals surface area contributed by atoms with E-state index in [-0.39, 0.29) is 24.3 Å². The first-order valence-corrected chi connectivity index (χ1v) is 8.23. The maximum Gasteiger partial charge on any atom is 0.168 e. The molecule has 0 amide bonds. The molecule has 1 heterocycles. The van der Waals surface area contributed by atoms with Gasteiger partial charge in [-0.05, 0) is 25.1 Å². The number of hydrogen-bond donors (Lipinski definition) is 2. The molecule has 3 N–H and O–H groups in total. The highest BCUT2D eigenvalue weighted by atomic mass is 19.1. The van der Waals surface area contributed by atoms with E-state index in [1.165, 1.54) is 11.6 Å². The summed E-state index contributed by atoms with van der Waals surface area (Å²) in [4.78, 5) is 0. The Labute approximate surface area is 141 Å². The molecule has 0 aliphatic carbocycles. The highest BCUT2D eigenvalue weighted by Gasteiger charge is 2.31. The van der Waals surface area contributed by atoms with Crippen LogP contribution in [0.3, 0.4) is 0 Å². The molecule has 2 aromatic rings. The molecular weight excluding hydrogens is 307 g/mol. The number of halogens is 1. The van der Waals surface area contributed by atoms with E-state index in [1.54, 1.807) is 6.07 Å². The van der Waals surface area contributed by atoms with Crippen LogP contribution in [0, 0.1) is 5.82 Å². The largest absolute Gasteiger partial charge is 0.492 e. The van der Waals surface area contributed by atoms with Crippen molar-refractivity contribution in [1.29, 1.82) is 0 Å². The molecular formula is C19H23FN2O2. The summed E-state index contributed by atoms with van der Waals surface area (Å²) in [6, 6.07) is 13.6. The van der Waals surface area contributed by atoms with Crippen molar-refractivity contribution in [2.75, 3.05) is 26.8 Å². The van der Waals surface area contributed by atoms with Gasteiger partial charge in [-0.3, -0.25) is 0 Å². The smallest absolute Gasteiger partial charge is 0.168 e. The van der Waals surface area contributed by atoms with Crippen LogP contribution in [-0.4, -0.2) is 32.8 Å². The van der Waals surface area contributed by atoms with E-state index >= 15 is 0 Å². The Morgan fingerprint density at radius 3 is 2.79 bits per heavy atom. The minimum absolute atomic E-state index is 0.158. The van der Waals surface area contributed by atoms with Gasteiger partial charge in [-0.25, -0.2) is 4.39 Å². The molecule has 2 atom stereocenters. The lowest BCUT2D eigenvalue weighted by Gasteiger charge is -2.34. The van der Waals surface area contributed by atoms with Crippen LogP contribution in [0.1, 0.15) is 17.0 Å². The van der Waals surface area contributed by atoms with Crippen molar-refractivity contribution in [3.63, 3.8) is 0 Å². The van der Waals surface area contributed by atoms with Gasteiger partial charge in [0.15, 0.2) is 11.6 Å². The summed E-state index contributed by atoms with van der Waals surface area (Å²) in [6.45, 7) is 1.15. The molecule has 0 saturated carbocycles. The summed E-state index contributed by atoms with van der Waals surface area (Å²) in [5.41, 5.74) is 7.67. The molecule has 1 aliphatic heterocycles. The van der Waals surface area contributed by atoms with Crippen molar-refractivity contribution in [3.05, 3.63) is 59.4 Å². The lowest BCUT2D eigenvalue weighted by Crippen LogP contribution is -2.41. The number of hydrogen-bond acceptors (Lipinski definition) is 4. The first-order valence-electron chi connectivity index (χ1n) is 8.23. The molecule has 0 bridgehead atoms. The summed E-state index contributed by atoms with van der Waals surface area (Å²) < 4.78 is 25.4. The number of fused-ring (bicyclic) bond motifs is 1. The van der Waals surface area contributed by atoms with Crippen LogP contribution >= 0.6 is 0 Å². The summed E-state index contributed by atoms with van der Waals surface area (Å²) in [7, 11) is 1.92. The van der Waals surface area contributed by atoms with E-state index < -0.39 is 5.82 Å². The molecule has 3 rings (SSSR count). The Morgan fingerprint density at radius 2 is 2.08 bits per heavy atom. The van der Waals surface area contributed by atoms with Gasteiger partial charge >= 0.3 is 0 Å². The first kappa shape index (κ1) is 16.7. The number of nitrogens with two attached hydrogens (primary N) is 1. The zero-order valence-electron chi connectivity index (χ0n) is 13.8. The van der Waals surface area contributed by atoms with Crippen molar-refractivity contribution < 1.29 is 13.9 Å². The van der Waals surface area contributed by atoms with Crippen molar-refractivity contribution in [1.82, 2.24) is 5.32 Å². The van der Waals surface area contributed by atoms with Gasteiger partial charge in [-0.15, -0.1) is 0 Å². The number of nitrogens with one attached hydrogen (secondary N) is 1. The SMILES string of the molecule is CNC1COc2cc(F)c(OCCN)cc2C1Cc1ccccc1. The predicted octanol–water partition coefficient (Wildman–Crippen LogP) is 2.47. The second-order valence-corrected chi connectivity index (χ2v) is 5.96. The third kappa shape index (κ3) is 3.52. The van der Waals surface area contributed by atoms with Crippen LogP contribution in [0.2, 0.25) is 0 Å². The Kier molecular flexibility index (Phi) is 5.33. The van der Waals surface area contributed by atoms with Crippen molar-refractivity contribution in [3.8, 4) is 11.5 Å². The lowest BCUT2D eigenvalue weighted by molar-refractivity contribution is 0.215. The third-order valence-corrected chi connectivity index (χ3v) is 4.41. The summed E-state index contributed by atoms with van der Waals surface area (Å²) >= 11 is 0. The highest BCUT2D eigenvalue weighted by Crippen LogP contribution is 2.39. The zero-order valence-corrected chi connectivity index (χ0v) is 13.8. The molecule has 4 nitrogen and oxygen atoms in total. The molecule has 0 radical (unpaired) electrons. The van der Waals surface area contributed by atoms with Crippen LogP contribution in [0.4, 0.5) is 4.39 Å². The Morgan fingerprint density at radius 1 is 1.29 bits per heavy atom. The van der Waals surface area contributed by atoms with Gasteiger partial charge in [-0.1, -0.05) is 30.3 Å². The minimum atomic E-state index is -0.413. The molecule has 5 heteroatoms. The highest BCUT2D eigenvalue weighted by molar-refractivity contribution is 5.46. The van der Waals surface area contributed by atoms with Crippen LogP contribution in [0.15, 0.2) is 42.5 Å². The van der Waals surface area contributed by atoms with Crippen LogP contribution < -0.4 is 20.5 Å². The van der Waals surface area contributed by atoms with Gasteiger partial charge in [0.2, 0.25) is 0 Å². The first-order chi connectivity index (χ1) is 11.7. The van der Waals surface area contributed by atoms with Crippen molar-refractivity contribution in [2.24, 2.45) is 5.73 Å². The van der Waals surface area contributed by atoms with Crippen LogP contribution in [0.25, 0.3) is 0 Å². The third-order valence-electron chi connectivity index (χ3n) is 4.41. The zero-order chi connectivity index (χ0) is 16.9. The monoisotopic (exact) mass is 330 g/mol. The fraction of sp³-hybridized carbons (Fsp3) is 0.368. The van der Waals surface area contributed by atoms with E-state index in [0.717, 1.165) is 12.0 Å². The summed E-state index contributed by atoms with van der Waals surface area (Å²) in [5, 5.41) is 3.31. The molecule has 0 fully saturated rings. The second-order valence-electron chi connectivity index (χ2n) is 5.96. The maximum absolute atomic E-state index is 14.2. The fourth-order valence-corrected chi connectivity index (χ4v) is 3.16. The maximum atomic E-state index is 14.2. The molecule has 24 heavy (non-hydrogen) atoms. The van der Waals surface area contributed by atoms with E-state index in [4.69, 9.17) is 15.2 Å². The second kappa shape index (κ2) is 7.64. The number of likely N-dealkylation sites (N-methyl/N-ethyl adjacent to an activating group) is 1. The normalized spacial score (nSPS) is 19.5. The molecule has 1 aliphatic rings. The number of benzene rings is 2. The van der Waals surface area contributed by atoms with Crippen LogP contribution in [-0.2, 0) is 6.42 Å². The average molecular weight is 330 g/mol. The van der Waals surface area contributed by atoms with Gasteiger partial charge in [0.1, 0.15) is 19.0 Å². The van der Waals surface area contributed by atoms with Gasteiger partial charge in [-0.2, -0.15) is 0 Å². The van der Waals surface area contributed by atoms with Crippen LogP contribution in [0.5, 0.6) is 11.5 Å². The van der Waals surface area contributed by atoms with Gasteiger partial charge in [0.25, 0.3) is 0 Å². The Hall–Kier alpha value is -2.11. The standard InChI is InChI=1S/C19H23FN2O2/c1-22-17-12-24-18-11-16(20)19(23-8-7-21)10-15(18)14(17)9-13-5-3-2-4-6-13/h2-6,10-11,14,17,22H,7-9,12,21H2,1H3. The van der Waals surface area contributed by atoms with E-state index in [1.807, 2.05) is 25.2 Å². The average Bonchev–Trinajstić information content (AvgIpc) is 2.61. The molecule has 0 spiro atoms. The van der Waals surface area contributed by atoms with E-state index in [9.17, 15) is 4.39 Å². The van der Waals surface area contributed by atoms with Crippen molar-refractivity contribution in [2.45, 2.75) is 18.4 Å². The number of ether oxygens (including phenoxy) is 2. The lowest BCUT2D eigenvalue weighted by atomic mass is 9.84. The van der Waals surface area contributed by atoms with Gasteiger partial charge in [0, 0.05) is 30.1 Å². The summed E-state index contributed by atoms with van der Waals surface area (Å²) in [6.07, 6.45) is 0.852. The molecule has 2 unspecified atom stereocenters. The Balaban J connectivity index is 1.95. The topological polar surface area (TPSA) is 56.5 Å². The Bertz CT molecular complexity index is 679. The quantitative estimate of drug-likeness (QED) is 0.854. The van der Waals surface area contributed by atoms with E-state index in [0.29, 0.717) is 18.9 Å². The van der Waals surface area contributed by atoms with Gasteiger partial charge in [0.05, 0.1) is 0 Å². The molecule has 128 valence electrons. The molecule has 2 aromatic carbocycles. The van der Waals surface area contributed by atoms with E-state index in [2.05, 4.69) is 17.4 Å².